The molecule has 1 amide bonds. The Balaban J connectivity index is 1.37. The Morgan fingerprint density at radius 1 is 1.19 bits per heavy atom. The van der Waals surface area contributed by atoms with E-state index >= 15 is 0 Å². The van der Waals surface area contributed by atoms with Crippen molar-refractivity contribution in [1.29, 1.82) is 0 Å². The van der Waals surface area contributed by atoms with Crippen LogP contribution in [0.15, 0.2) is 48.5 Å². The number of hydrogen-bond acceptors (Lipinski definition) is 3. The van der Waals surface area contributed by atoms with Crippen LogP contribution in [0.2, 0.25) is 0 Å². The Kier molecular flexibility index (Phi) is 4.64. The van der Waals surface area contributed by atoms with Gasteiger partial charge in [-0.25, -0.2) is 4.39 Å². The fraction of sp³-hybridized carbons (Fsp3) is 0.381. The van der Waals surface area contributed by atoms with Gasteiger partial charge in [0.1, 0.15) is 17.7 Å². The van der Waals surface area contributed by atoms with E-state index in [4.69, 9.17) is 4.74 Å². The fourth-order valence-corrected chi connectivity index (χ4v) is 3.72. The number of aryl methyl sites for hydroxylation is 1. The number of ether oxygens (including phenoxy) is 1. The van der Waals surface area contributed by atoms with Gasteiger partial charge in [-0.3, -0.25) is 4.79 Å². The van der Waals surface area contributed by atoms with Gasteiger partial charge in [-0.2, -0.15) is 0 Å². The minimum atomic E-state index is -0.575. The Labute approximate surface area is 152 Å². The summed E-state index contributed by atoms with van der Waals surface area (Å²) in [5, 5.41) is 6.20. The predicted molar refractivity (Wildman–Crippen MR) is 97.6 cm³/mol. The molecule has 1 fully saturated rings. The van der Waals surface area contributed by atoms with Gasteiger partial charge in [0.2, 0.25) is 5.91 Å². The number of rotatable bonds is 5. The number of amides is 1. The molecule has 2 aromatic carbocycles. The van der Waals surface area contributed by atoms with E-state index in [9.17, 15) is 9.18 Å². The number of carbonyl (C=O) groups excluding carboxylic acids is 1. The summed E-state index contributed by atoms with van der Waals surface area (Å²) in [7, 11) is 0. The first kappa shape index (κ1) is 17.0. The minimum Gasteiger partial charge on any atom is -0.488 e. The molecule has 4 nitrogen and oxygen atoms in total. The largest absolute Gasteiger partial charge is 0.488 e. The lowest BCUT2D eigenvalue weighted by atomic mass is 9.75. The van der Waals surface area contributed by atoms with Gasteiger partial charge in [0, 0.05) is 13.1 Å². The zero-order valence-corrected chi connectivity index (χ0v) is 14.6. The maximum Gasteiger partial charge on any atom is 0.229 e. The average Bonchev–Trinajstić information content (AvgIpc) is 2.64. The Morgan fingerprint density at radius 2 is 1.96 bits per heavy atom. The first-order valence-corrected chi connectivity index (χ1v) is 9.13. The van der Waals surface area contributed by atoms with Crippen molar-refractivity contribution in [2.75, 3.05) is 19.6 Å². The van der Waals surface area contributed by atoms with E-state index in [1.165, 1.54) is 11.6 Å². The molecule has 0 spiro atoms. The topological polar surface area (TPSA) is 50.4 Å². The van der Waals surface area contributed by atoms with Crippen molar-refractivity contribution in [2.24, 2.45) is 5.41 Å². The lowest BCUT2D eigenvalue weighted by molar-refractivity contribution is -0.134. The van der Waals surface area contributed by atoms with Crippen LogP contribution in [0.5, 0.6) is 5.75 Å². The fourth-order valence-electron chi connectivity index (χ4n) is 3.72. The summed E-state index contributed by atoms with van der Waals surface area (Å²) in [5.41, 5.74) is 1.23. The third kappa shape index (κ3) is 3.31. The highest BCUT2D eigenvalue weighted by Crippen LogP contribution is 2.30. The number of nitrogens with one attached hydrogen (secondary N) is 2. The van der Waals surface area contributed by atoms with Gasteiger partial charge < -0.3 is 15.4 Å². The Bertz CT molecular complexity index is 804. The monoisotopic (exact) mass is 354 g/mol. The van der Waals surface area contributed by atoms with E-state index in [-0.39, 0.29) is 17.8 Å². The maximum atomic E-state index is 14.0. The molecule has 2 N–H and O–H groups in total. The van der Waals surface area contributed by atoms with Crippen LogP contribution in [-0.2, 0) is 17.6 Å². The van der Waals surface area contributed by atoms with E-state index in [0.717, 1.165) is 18.6 Å². The van der Waals surface area contributed by atoms with E-state index in [2.05, 4.69) is 16.7 Å². The van der Waals surface area contributed by atoms with E-state index < -0.39 is 5.41 Å². The van der Waals surface area contributed by atoms with Gasteiger partial charge in [0.25, 0.3) is 0 Å². The van der Waals surface area contributed by atoms with Gasteiger partial charge in [0.05, 0.1) is 12.0 Å². The van der Waals surface area contributed by atoms with Crippen molar-refractivity contribution < 1.29 is 13.9 Å². The molecule has 2 aromatic rings. The van der Waals surface area contributed by atoms with Crippen molar-refractivity contribution in [3.63, 3.8) is 0 Å². The summed E-state index contributed by atoms with van der Waals surface area (Å²) in [6.45, 7) is 1.62. The van der Waals surface area contributed by atoms with Crippen molar-refractivity contribution in [1.82, 2.24) is 10.6 Å². The Hall–Kier alpha value is -2.40. The molecule has 0 bridgehead atoms. The zero-order valence-electron chi connectivity index (χ0n) is 14.6. The highest BCUT2D eigenvalue weighted by Gasteiger charge is 2.44. The van der Waals surface area contributed by atoms with Crippen molar-refractivity contribution in [3.05, 3.63) is 65.5 Å². The second-order valence-corrected chi connectivity index (χ2v) is 7.25. The van der Waals surface area contributed by atoms with Crippen LogP contribution in [0.1, 0.15) is 17.5 Å². The summed E-state index contributed by atoms with van der Waals surface area (Å²) in [6.07, 6.45) is 2.23. The number of halogens is 1. The third-order valence-electron chi connectivity index (χ3n) is 5.39. The molecule has 0 aliphatic carbocycles. The van der Waals surface area contributed by atoms with Crippen molar-refractivity contribution in [2.45, 2.75) is 25.4 Å². The molecule has 0 aromatic heterocycles. The predicted octanol–water partition coefficient (Wildman–Crippen LogP) is 2.47. The average molecular weight is 354 g/mol. The van der Waals surface area contributed by atoms with E-state index in [1.807, 2.05) is 24.3 Å². The summed E-state index contributed by atoms with van der Waals surface area (Å²) < 4.78 is 20.0. The first-order chi connectivity index (χ1) is 12.7. The molecule has 136 valence electrons. The lowest BCUT2D eigenvalue weighted by Crippen LogP contribution is -2.63. The molecule has 4 rings (SSSR count). The van der Waals surface area contributed by atoms with Crippen LogP contribution in [0, 0.1) is 11.2 Å². The van der Waals surface area contributed by atoms with Gasteiger partial charge in [-0.15, -0.1) is 0 Å². The molecule has 2 aliphatic heterocycles. The summed E-state index contributed by atoms with van der Waals surface area (Å²) >= 11 is 0. The summed E-state index contributed by atoms with van der Waals surface area (Å²) in [5.74, 6) is 0.630. The number of carbonyl (C=O) groups is 1. The molecular weight excluding hydrogens is 331 g/mol. The lowest BCUT2D eigenvalue weighted by Gasteiger charge is -2.41. The Morgan fingerprint density at radius 3 is 2.73 bits per heavy atom. The van der Waals surface area contributed by atoms with Crippen LogP contribution >= 0.6 is 0 Å². The number of para-hydroxylation sites is 1. The third-order valence-corrected chi connectivity index (χ3v) is 5.39. The van der Waals surface area contributed by atoms with Crippen LogP contribution in [0.25, 0.3) is 0 Å². The number of benzene rings is 2. The van der Waals surface area contributed by atoms with Crippen LogP contribution in [0.4, 0.5) is 4.39 Å². The second kappa shape index (κ2) is 7.08. The zero-order chi connectivity index (χ0) is 18.0. The molecule has 0 unspecified atom stereocenters. The highest BCUT2D eigenvalue weighted by atomic mass is 19.1. The van der Waals surface area contributed by atoms with Crippen LogP contribution in [0.3, 0.4) is 0 Å². The second-order valence-electron chi connectivity index (χ2n) is 7.25. The van der Waals surface area contributed by atoms with Crippen molar-refractivity contribution >= 4 is 5.91 Å². The molecule has 1 atom stereocenters. The highest BCUT2D eigenvalue weighted by molar-refractivity contribution is 5.84. The molecule has 0 radical (unpaired) electrons. The van der Waals surface area contributed by atoms with Crippen molar-refractivity contribution in [3.8, 4) is 5.75 Å². The number of fused-ring (bicyclic) bond motifs is 1. The summed E-state index contributed by atoms with van der Waals surface area (Å²) in [6, 6.07) is 14.7. The first-order valence-electron chi connectivity index (χ1n) is 9.13. The SMILES string of the molecule is O=C(NC[C@H]1CCc2ccccc2O1)C1(Cc2ccccc2F)CNC1. The standard InChI is InChI=1S/C21H23FN2O2/c22-18-7-3-1-6-16(18)11-21(13-23-14-21)20(25)24-12-17-10-9-15-5-2-4-8-19(15)26-17/h1-8,17,23H,9-14H2,(H,24,25)/t17-/m1/s1. The maximum absolute atomic E-state index is 14.0. The number of hydrogen-bond donors (Lipinski definition) is 2. The van der Waals surface area contributed by atoms with E-state index in [0.29, 0.717) is 31.6 Å². The van der Waals surface area contributed by atoms with Crippen LogP contribution < -0.4 is 15.4 Å². The molecule has 2 heterocycles. The molecule has 5 heteroatoms. The summed E-state index contributed by atoms with van der Waals surface area (Å²) in [4.78, 5) is 12.8. The normalized spacial score (nSPS) is 20.4. The molecular formula is C21H23FN2O2. The van der Waals surface area contributed by atoms with Crippen LogP contribution in [-0.4, -0.2) is 31.6 Å². The molecule has 0 saturated carbocycles. The van der Waals surface area contributed by atoms with Gasteiger partial charge >= 0.3 is 0 Å². The van der Waals surface area contributed by atoms with Gasteiger partial charge in [-0.1, -0.05) is 36.4 Å². The minimum absolute atomic E-state index is 0.0209. The van der Waals surface area contributed by atoms with E-state index in [1.54, 1.807) is 12.1 Å². The van der Waals surface area contributed by atoms with Gasteiger partial charge in [0.15, 0.2) is 0 Å². The molecule has 1 saturated heterocycles. The van der Waals surface area contributed by atoms with Gasteiger partial charge in [-0.05, 0) is 42.5 Å². The molecule has 2 aliphatic rings. The quantitative estimate of drug-likeness (QED) is 0.867. The smallest absolute Gasteiger partial charge is 0.229 e. The molecule has 26 heavy (non-hydrogen) atoms.